The number of carbonyl (C=O) groups is 2. The third kappa shape index (κ3) is 2.94. The van der Waals surface area contributed by atoms with Crippen molar-refractivity contribution in [3.63, 3.8) is 0 Å². The molecular formula is C15H24N4O2. The normalized spacial score (nSPS) is 26.0. The van der Waals surface area contributed by atoms with Crippen molar-refractivity contribution in [2.24, 2.45) is 0 Å². The zero-order valence-corrected chi connectivity index (χ0v) is 13.0. The number of nitrogens with one attached hydrogen (secondary N) is 1. The molecule has 1 saturated heterocycles. The van der Waals surface area contributed by atoms with E-state index in [1.54, 1.807) is 17.4 Å². The van der Waals surface area contributed by atoms with E-state index in [9.17, 15) is 9.59 Å². The van der Waals surface area contributed by atoms with Gasteiger partial charge >= 0.3 is 0 Å². The van der Waals surface area contributed by atoms with Gasteiger partial charge in [-0.2, -0.15) is 0 Å². The SMILES string of the molecule is CCC1NC(=O)C(C)(CC)N(CCCn2ccnc2)C1=O. The Bertz CT molecular complexity index is 500. The monoisotopic (exact) mass is 292 g/mol. The Morgan fingerprint density at radius 3 is 2.67 bits per heavy atom. The predicted molar refractivity (Wildman–Crippen MR) is 79.5 cm³/mol. The summed E-state index contributed by atoms with van der Waals surface area (Å²) in [5.41, 5.74) is -0.738. The van der Waals surface area contributed by atoms with Crippen LogP contribution in [0.5, 0.6) is 0 Å². The van der Waals surface area contributed by atoms with Gasteiger partial charge in [0.05, 0.1) is 6.33 Å². The quantitative estimate of drug-likeness (QED) is 0.856. The Morgan fingerprint density at radius 2 is 2.10 bits per heavy atom. The van der Waals surface area contributed by atoms with Crippen molar-refractivity contribution >= 4 is 11.8 Å². The van der Waals surface area contributed by atoms with Crippen molar-refractivity contribution in [2.45, 2.75) is 58.2 Å². The Hall–Kier alpha value is -1.85. The molecule has 1 fully saturated rings. The maximum absolute atomic E-state index is 12.6. The molecule has 0 bridgehead atoms. The van der Waals surface area contributed by atoms with Crippen LogP contribution in [0.15, 0.2) is 18.7 Å². The minimum absolute atomic E-state index is 0.0343. The van der Waals surface area contributed by atoms with Gasteiger partial charge in [0, 0.05) is 25.5 Å². The largest absolute Gasteiger partial charge is 0.342 e. The second kappa shape index (κ2) is 6.28. The number of piperazine rings is 1. The molecule has 1 aliphatic heterocycles. The number of amides is 2. The van der Waals surface area contributed by atoms with Gasteiger partial charge in [0.1, 0.15) is 11.6 Å². The molecule has 1 aromatic rings. The van der Waals surface area contributed by atoms with Gasteiger partial charge in [-0.3, -0.25) is 9.59 Å². The molecule has 116 valence electrons. The minimum atomic E-state index is -0.738. The van der Waals surface area contributed by atoms with E-state index in [0.29, 0.717) is 19.4 Å². The lowest BCUT2D eigenvalue weighted by Crippen LogP contribution is -2.69. The van der Waals surface area contributed by atoms with Crippen LogP contribution in [0.25, 0.3) is 0 Å². The second-order valence-electron chi connectivity index (χ2n) is 5.71. The van der Waals surface area contributed by atoms with Crippen LogP contribution >= 0.6 is 0 Å². The zero-order chi connectivity index (χ0) is 15.5. The summed E-state index contributed by atoms with van der Waals surface area (Å²) in [4.78, 5) is 30.7. The zero-order valence-electron chi connectivity index (χ0n) is 13.0. The first-order chi connectivity index (χ1) is 10.0. The summed E-state index contributed by atoms with van der Waals surface area (Å²) in [7, 11) is 0. The lowest BCUT2D eigenvalue weighted by Gasteiger charge is -2.46. The van der Waals surface area contributed by atoms with Crippen molar-refractivity contribution in [2.75, 3.05) is 6.54 Å². The van der Waals surface area contributed by atoms with Crippen LogP contribution in [-0.4, -0.2) is 44.4 Å². The van der Waals surface area contributed by atoms with Gasteiger partial charge in [0.2, 0.25) is 11.8 Å². The molecule has 1 aromatic heterocycles. The first-order valence-corrected chi connectivity index (χ1v) is 7.61. The Morgan fingerprint density at radius 1 is 1.33 bits per heavy atom. The Labute approximate surface area is 125 Å². The first kappa shape index (κ1) is 15.5. The van der Waals surface area contributed by atoms with Crippen LogP contribution in [0.3, 0.4) is 0 Å². The first-order valence-electron chi connectivity index (χ1n) is 7.61. The van der Waals surface area contributed by atoms with E-state index in [0.717, 1.165) is 13.0 Å². The lowest BCUT2D eigenvalue weighted by atomic mass is 9.90. The molecule has 2 unspecified atom stereocenters. The molecule has 0 aliphatic carbocycles. The van der Waals surface area contributed by atoms with Gasteiger partial charge in [-0.25, -0.2) is 4.98 Å². The van der Waals surface area contributed by atoms with Gasteiger partial charge in [-0.05, 0) is 26.2 Å². The highest BCUT2D eigenvalue weighted by Crippen LogP contribution is 2.26. The topological polar surface area (TPSA) is 67.2 Å². The molecule has 2 rings (SSSR count). The number of hydrogen-bond acceptors (Lipinski definition) is 3. The van der Waals surface area contributed by atoms with Gasteiger partial charge in [-0.1, -0.05) is 13.8 Å². The summed E-state index contributed by atoms with van der Waals surface area (Å²) < 4.78 is 1.98. The maximum atomic E-state index is 12.6. The molecular weight excluding hydrogens is 268 g/mol. The van der Waals surface area contributed by atoms with E-state index in [-0.39, 0.29) is 17.9 Å². The average Bonchev–Trinajstić information content (AvgIpc) is 2.99. The Kier molecular flexibility index (Phi) is 4.65. The van der Waals surface area contributed by atoms with Crippen LogP contribution in [0, 0.1) is 0 Å². The summed E-state index contributed by atoms with van der Waals surface area (Å²) in [6.07, 6.45) is 7.45. The van der Waals surface area contributed by atoms with Gasteiger partial charge < -0.3 is 14.8 Å². The highest BCUT2D eigenvalue weighted by atomic mass is 16.2. The molecule has 21 heavy (non-hydrogen) atoms. The third-order valence-corrected chi connectivity index (χ3v) is 4.41. The highest BCUT2D eigenvalue weighted by molar-refractivity contribution is 5.99. The number of aryl methyl sites for hydroxylation is 1. The number of rotatable bonds is 6. The average molecular weight is 292 g/mol. The van der Waals surface area contributed by atoms with Crippen LogP contribution in [-0.2, 0) is 16.1 Å². The summed E-state index contributed by atoms with van der Waals surface area (Å²) in [6, 6.07) is -0.384. The summed E-state index contributed by atoms with van der Waals surface area (Å²) in [5.74, 6) is -0.00818. The fourth-order valence-corrected chi connectivity index (χ4v) is 2.74. The van der Waals surface area contributed by atoms with Crippen LogP contribution < -0.4 is 5.32 Å². The number of aromatic nitrogens is 2. The van der Waals surface area contributed by atoms with E-state index in [4.69, 9.17) is 0 Å². The highest BCUT2D eigenvalue weighted by Gasteiger charge is 2.47. The molecule has 6 heteroatoms. The van der Waals surface area contributed by atoms with Gasteiger partial charge in [0.25, 0.3) is 0 Å². The van der Waals surface area contributed by atoms with Crippen molar-refractivity contribution in [1.29, 1.82) is 0 Å². The van der Waals surface area contributed by atoms with Gasteiger partial charge in [-0.15, -0.1) is 0 Å². The number of imidazole rings is 1. The van der Waals surface area contributed by atoms with Gasteiger partial charge in [0.15, 0.2) is 0 Å². The summed E-state index contributed by atoms with van der Waals surface area (Å²) in [6.45, 7) is 7.10. The molecule has 2 heterocycles. The van der Waals surface area contributed by atoms with Crippen molar-refractivity contribution in [1.82, 2.24) is 19.8 Å². The third-order valence-electron chi connectivity index (χ3n) is 4.41. The Balaban J connectivity index is 2.07. The maximum Gasteiger partial charge on any atom is 0.246 e. The summed E-state index contributed by atoms with van der Waals surface area (Å²) >= 11 is 0. The summed E-state index contributed by atoms with van der Waals surface area (Å²) in [5, 5.41) is 2.85. The van der Waals surface area contributed by atoms with E-state index >= 15 is 0 Å². The van der Waals surface area contributed by atoms with Crippen molar-refractivity contribution in [3.05, 3.63) is 18.7 Å². The van der Waals surface area contributed by atoms with Crippen molar-refractivity contribution < 1.29 is 9.59 Å². The smallest absolute Gasteiger partial charge is 0.246 e. The molecule has 0 aromatic carbocycles. The molecule has 1 N–H and O–H groups in total. The fourth-order valence-electron chi connectivity index (χ4n) is 2.74. The molecule has 2 atom stereocenters. The van der Waals surface area contributed by atoms with E-state index in [1.165, 1.54) is 0 Å². The van der Waals surface area contributed by atoms with E-state index < -0.39 is 5.54 Å². The van der Waals surface area contributed by atoms with Crippen LogP contribution in [0.2, 0.25) is 0 Å². The lowest BCUT2D eigenvalue weighted by molar-refractivity contribution is -0.156. The van der Waals surface area contributed by atoms with Crippen molar-refractivity contribution in [3.8, 4) is 0 Å². The predicted octanol–water partition coefficient (Wildman–Crippen LogP) is 1.18. The van der Waals surface area contributed by atoms with Crippen LogP contribution in [0.1, 0.15) is 40.0 Å². The molecule has 6 nitrogen and oxygen atoms in total. The second-order valence-corrected chi connectivity index (χ2v) is 5.71. The standard InChI is InChI=1S/C15H24N4O2/c1-4-12-13(20)19(15(3,5-2)14(21)17-12)9-6-8-18-10-7-16-11-18/h7,10-12H,4-6,8-9H2,1-3H3,(H,17,21). The number of carbonyl (C=O) groups excluding carboxylic acids is 2. The minimum Gasteiger partial charge on any atom is -0.342 e. The number of hydrogen-bond donors (Lipinski definition) is 1. The van der Waals surface area contributed by atoms with E-state index in [2.05, 4.69) is 10.3 Å². The molecule has 0 saturated carbocycles. The molecule has 1 aliphatic rings. The molecule has 0 radical (unpaired) electrons. The fraction of sp³-hybridized carbons (Fsp3) is 0.667. The molecule has 2 amide bonds. The van der Waals surface area contributed by atoms with Crippen LogP contribution in [0.4, 0.5) is 0 Å². The number of nitrogens with zero attached hydrogens (tertiary/aromatic N) is 3. The van der Waals surface area contributed by atoms with E-state index in [1.807, 2.05) is 31.5 Å². The molecule has 0 spiro atoms.